The van der Waals surface area contributed by atoms with Crippen molar-refractivity contribution < 1.29 is 9.59 Å². The van der Waals surface area contributed by atoms with Crippen molar-refractivity contribution in [3.63, 3.8) is 0 Å². The third kappa shape index (κ3) is 3.71. The molecule has 0 radical (unpaired) electrons. The molecule has 1 aliphatic carbocycles. The van der Waals surface area contributed by atoms with Crippen LogP contribution in [0.4, 0.5) is 0 Å². The predicted octanol–water partition coefficient (Wildman–Crippen LogP) is 1.94. The quantitative estimate of drug-likeness (QED) is 0.826. The van der Waals surface area contributed by atoms with E-state index in [1.807, 2.05) is 4.90 Å². The van der Waals surface area contributed by atoms with E-state index in [4.69, 9.17) is 0 Å². The first kappa shape index (κ1) is 14.4. The fourth-order valence-corrected chi connectivity index (χ4v) is 2.76. The van der Waals surface area contributed by atoms with Crippen molar-refractivity contribution in [3.8, 4) is 0 Å². The van der Waals surface area contributed by atoms with Crippen LogP contribution < -0.4 is 5.32 Å². The number of carbonyl (C=O) groups excluding carboxylic acids is 2. The van der Waals surface area contributed by atoms with E-state index in [-0.39, 0.29) is 11.8 Å². The number of rotatable bonds is 5. The highest BCUT2D eigenvalue weighted by molar-refractivity contribution is 5.82. The zero-order chi connectivity index (χ0) is 13.8. The van der Waals surface area contributed by atoms with Crippen molar-refractivity contribution in [2.24, 2.45) is 11.8 Å². The van der Waals surface area contributed by atoms with Gasteiger partial charge in [0.15, 0.2) is 0 Å². The van der Waals surface area contributed by atoms with Gasteiger partial charge in [0.1, 0.15) is 0 Å². The van der Waals surface area contributed by atoms with E-state index in [9.17, 15) is 9.59 Å². The van der Waals surface area contributed by atoms with Gasteiger partial charge in [-0.25, -0.2) is 0 Å². The van der Waals surface area contributed by atoms with E-state index in [0.29, 0.717) is 17.9 Å². The summed E-state index contributed by atoms with van der Waals surface area (Å²) in [7, 11) is 0. The summed E-state index contributed by atoms with van der Waals surface area (Å²) in [6.07, 6.45) is 5.75. The second kappa shape index (κ2) is 6.40. The van der Waals surface area contributed by atoms with Gasteiger partial charge in [0.2, 0.25) is 11.8 Å². The van der Waals surface area contributed by atoms with Crippen LogP contribution in [0.2, 0.25) is 0 Å². The van der Waals surface area contributed by atoms with E-state index < -0.39 is 0 Å². The first-order valence-corrected chi connectivity index (χ1v) is 7.74. The Kier molecular flexibility index (Phi) is 4.83. The van der Waals surface area contributed by atoms with Gasteiger partial charge < -0.3 is 10.2 Å². The Hall–Kier alpha value is -1.06. The molecule has 1 N–H and O–H groups in total. The molecule has 1 aliphatic heterocycles. The standard InChI is InChI=1S/C15H26N2O2/c1-3-13(4-2)16-14(18)11-7-9-17(10-8-11)15(19)12-5-6-12/h11-13H,3-10H2,1-2H3,(H,16,18). The molecule has 1 saturated heterocycles. The van der Waals surface area contributed by atoms with E-state index in [0.717, 1.165) is 51.6 Å². The predicted molar refractivity (Wildman–Crippen MR) is 74.5 cm³/mol. The number of carbonyl (C=O) groups is 2. The lowest BCUT2D eigenvalue weighted by Crippen LogP contribution is -2.45. The molecule has 4 nitrogen and oxygen atoms in total. The summed E-state index contributed by atoms with van der Waals surface area (Å²) < 4.78 is 0. The van der Waals surface area contributed by atoms with Crippen LogP contribution in [0.1, 0.15) is 52.4 Å². The number of amides is 2. The number of hydrogen-bond donors (Lipinski definition) is 1. The third-order valence-corrected chi connectivity index (χ3v) is 4.44. The molecule has 0 bridgehead atoms. The van der Waals surface area contributed by atoms with Gasteiger partial charge in [-0.05, 0) is 38.5 Å². The fourth-order valence-electron chi connectivity index (χ4n) is 2.76. The van der Waals surface area contributed by atoms with E-state index in [1.165, 1.54) is 0 Å². The summed E-state index contributed by atoms with van der Waals surface area (Å²) in [6.45, 7) is 5.73. The normalized spacial score (nSPS) is 20.7. The van der Waals surface area contributed by atoms with E-state index in [2.05, 4.69) is 19.2 Å². The van der Waals surface area contributed by atoms with E-state index in [1.54, 1.807) is 0 Å². The van der Waals surface area contributed by atoms with Gasteiger partial charge in [-0.15, -0.1) is 0 Å². The monoisotopic (exact) mass is 266 g/mol. The summed E-state index contributed by atoms with van der Waals surface area (Å²) in [6, 6.07) is 0.304. The molecule has 0 aromatic rings. The molecule has 19 heavy (non-hydrogen) atoms. The molecule has 0 aromatic heterocycles. The number of nitrogens with zero attached hydrogens (tertiary/aromatic N) is 1. The molecule has 1 heterocycles. The average Bonchev–Trinajstić information content (AvgIpc) is 3.28. The Morgan fingerprint density at radius 2 is 1.63 bits per heavy atom. The summed E-state index contributed by atoms with van der Waals surface area (Å²) >= 11 is 0. The molecular weight excluding hydrogens is 240 g/mol. The van der Waals surface area contributed by atoms with Crippen molar-refractivity contribution in [3.05, 3.63) is 0 Å². The highest BCUT2D eigenvalue weighted by atomic mass is 16.2. The van der Waals surface area contributed by atoms with Gasteiger partial charge in [-0.2, -0.15) is 0 Å². The molecule has 2 fully saturated rings. The zero-order valence-corrected chi connectivity index (χ0v) is 12.2. The van der Waals surface area contributed by atoms with Gasteiger partial charge in [0.05, 0.1) is 0 Å². The van der Waals surface area contributed by atoms with Crippen LogP contribution in [0.5, 0.6) is 0 Å². The molecule has 2 rings (SSSR count). The van der Waals surface area contributed by atoms with Crippen molar-refractivity contribution in [2.45, 2.75) is 58.4 Å². The maximum absolute atomic E-state index is 12.1. The van der Waals surface area contributed by atoms with Crippen molar-refractivity contribution >= 4 is 11.8 Å². The molecule has 2 amide bonds. The number of piperidine rings is 1. The maximum atomic E-state index is 12.1. The fraction of sp³-hybridized carbons (Fsp3) is 0.867. The molecule has 0 spiro atoms. The summed E-state index contributed by atoms with van der Waals surface area (Å²) in [5.74, 6) is 0.907. The Balaban J connectivity index is 1.75. The van der Waals surface area contributed by atoms with Crippen LogP contribution in [0, 0.1) is 11.8 Å². The van der Waals surface area contributed by atoms with Gasteiger partial charge in [-0.1, -0.05) is 13.8 Å². The Labute approximate surface area is 115 Å². The van der Waals surface area contributed by atoms with E-state index >= 15 is 0 Å². The van der Waals surface area contributed by atoms with Crippen molar-refractivity contribution in [1.82, 2.24) is 10.2 Å². The summed E-state index contributed by atoms with van der Waals surface area (Å²) in [5, 5.41) is 3.12. The lowest BCUT2D eigenvalue weighted by atomic mass is 9.95. The Bertz CT molecular complexity index is 327. The minimum absolute atomic E-state index is 0.101. The summed E-state index contributed by atoms with van der Waals surface area (Å²) in [5.41, 5.74) is 0. The molecule has 0 atom stereocenters. The lowest BCUT2D eigenvalue weighted by molar-refractivity contribution is -0.136. The zero-order valence-electron chi connectivity index (χ0n) is 12.2. The first-order valence-electron chi connectivity index (χ1n) is 7.74. The summed E-state index contributed by atoms with van der Waals surface area (Å²) in [4.78, 5) is 26.0. The smallest absolute Gasteiger partial charge is 0.225 e. The minimum Gasteiger partial charge on any atom is -0.353 e. The Morgan fingerprint density at radius 1 is 1.05 bits per heavy atom. The van der Waals surface area contributed by atoms with Crippen LogP contribution >= 0.6 is 0 Å². The van der Waals surface area contributed by atoms with Crippen LogP contribution in [-0.2, 0) is 9.59 Å². The topological polar surface area (TPSA) is 49.4 Å². The van der Waals surface area contributed by atoms with Crippen LogP contribution in [0.25, 0.3) is 0 Å². The highest BCUT2D eigenvalue weighted by Gasteiger charge is 2.36. The van der Waals surface area contributed by atoms with Crippen molar-refractivity contribution in [1.29, 1.82) is 0 Å². The van der Waals surface area contributed by atoms with Gasteiger partial charge in [0, 0.05) is 31.0 Å². The number of nitrogens with one attached hydrogen (secondary N) is 1. The molecule has 108 valence electrons. The third-order valence-electron chi connectivity index (χ3n) is 4.44. The van der Waals surface area contributed by atoms with Crippen LogP contribution in [-0.4, -0.2) is 35.8 Å². The molecule has 4 heteroatoms. The number of hydrogen-bond acceptors (Lipinski definition) is 2. The second-order valence-corrected chi connectivity index (χ2v) is 5.90. The molecule has 0 aromatic carbocycles. The number of likely N-dealkylation sites (tertiary alicyclic amines) is 1. The van der Waals surface area contributed by atoms with Crippen LogP contribution in [0.3, 0.4) is 0 Å². The maximum Gasteiger partial charge on any atom is 0.225 e. The average molecular weight is 266 g/mol. The molecule has 0 unspecified atom stereocenters. The van der Waals surface area contributed by atoms with Crippen molar-refractivity contribution in [2.75, 3.05) is 13.1 Å². The SMILES string of the molecule is CCC(CC)NC(=O)C1CCN(C(=O)C2CC2)CC1. The second-order valence-electron chi connectivity index (χ2n) is 5.90. The largest absolute Gasteiger partial charge is 0.353 e. The Morgan fingerprint density at radius 3 is 2.11 bits per heavy atom. The molecular formula is C15H26N2O2. The molecule has 2 aliphatic rings. The first-order chi connectivity index (χ1) is 9.15. The molecule has 1 saturated carbocycles. The lowest BCUT2D eigenvalue weighted by Gasteiger charge is -2.32. The van der Waals surface area contributed by atoms with Gasteiger partial charge in [0.25, 0.3) is 0 Å². The van der Waals surface area contributed by atoms with Crippen LogP contribution in [0.15, 0.2) is 0 Å². The van der Waals surface area contributed by atoms with Gasteiger partial charge in [-0.3, -0.25) is 9.59 Å². The minimum atomic E-state index is 0.101. The van der Waals surface area contributed by atoms with Gasteiger partial charge >= 0.3 is 0 Å². The highest BCUT2D eigenvalue weighted by Crippen LogP contribution is 2.32.